The number of nitrogens with one attached hydrogen (secondary N) is 1. The number of benzene rings is 1. The van der Waals surface area contributed by atoms with Crippen molar-refractivity contribution in [3.05, 3.63) is 35.6 Å². The van der Waals surface area contributed by atoms with E-state index in [4.69, 9.17) is 0 Å². The lowest BCUT2D eigenvalue weighted by molar-refractivity contribution is 0.267. The van der Waals surface area contributed by atoms with Gasteiger partial charge in [-0.15, -0.1) is 0 Å². The first kappa shape index (κ1) is 11.6. The van der Waals surface area contributed by atoms with Crippen molar-refractivity contribution in [1.82, 2.24) is 5.32 Å². The molecule has 1 N–H and O–H groups in total. The van der Waals surface area contributed by atoms with E-state index >= 15 is 0 Å². The summed E-state index contributed by atoms with van der Waals surface area (Å²) in [7, 11) is 0. The SMILES string of the molecule is CCC(C)NC1CC(c2ccc(F)cc2)C1. The van der Waals surface area contributed by atoms with Gasteiger partial charge in [-0.3, -0.25) is 0 Å². The van der Waals surface area contributed by atoms with E-state index in [0.29, 0.717) is 18.0 Å². The van der Waals surface area contributed by atoms with Gasteiger partial charge in [0.25, 0.3) is 0 Å². The Labute approximate surface area is 97.1 Å². The summed E-state index contributed by atoms with van der Waals surface area (Å²) in [5.74, 6) is 0.486. The van der Waals surface area contributed by atoms with E-state index in [1.54, 1.807) is 12.1 Å². The second-order valence-electron chi connectivity index (χ2n) is 4.89. The lowest BCUT2D eigenvalue weighted by Gasteiger charge is -2.38. The van der Waals surface area contributed by atoms with Crippen LogP contribution in [-0.2, 0) is 0 Å². The molecule has 0 saturated heterocycles. The number of rotatable bonds is 4. The van der Waals surface area contributed by atoms with E-state index in [0.717, 1.165) is 0 Å². The fourth-order valence-electron chi connectivity index (χ4n) is 2.28. The van der Waals surface area contributed by atoms with Crippen LogP contribution in [0.2, 0.25) is 0 Å². The molecule has 1 nitrogen and oxygen atoms in total. The summed E-state index contributed by atoms with van der Waals surface area (Å²) in [6, 6.07) is 8.22. The average Bonchev–Trinajstić information content (AvgIpc) is 2.24. The predicted molar refractivity (Wildman–Crippen MR) is 65.1 cm³/mol. The molecule has 2 rings (SSSR count). The van der Waals surface area contributed by atoms with Gasteiger partial charge in [0.05, 0.1) is 0 Å². The molecule has 1 aliphatic carbocycles. The molecule has 1 aromatic carbocycles. The maximum absolute atomic E-state index is 12.8. The molecule has 1 unspecified atom stereocenters. The van der Waals surface area contributed by atoms with Gasteiger partial charge in [0, 0.05) is 12.1 Å². The smallest absolute Gasteiger partial charge is 0.123 e. The fourth-order valence-corrected chi connectivity index (χ4v) is 2.28. The number of hydrogen-bond acceptors (Lipinski definition) is 1. The van der Waals surface area contributed by atoms with Crippen LogP contribution in [0.1, 0.15) is 44.6 Å². The highest BCUT2D eigenvalue weighted by Crippen LogP contribution is 2.37. The van der Waals surface area contributed by atoms with Gasteiger partial charge in [-0.2, -0.15) is 0 Å². The van der Waals surface area contributed by atoms with E-state index < -0.39 is 0 Å². The normalized spacial score (nSPS) is 26.2. The van der Waals surface area contributed by atoms with Gasteiger partial charge >= 0.3 is 0 Å². The minimum absolute atomic E-state index is 0.141. The summed E-state index contributed by atoms with van der Waals surface area (Å²) >= 11 is 0. The zero-order chi connectivity index (χ0) is 11.5. The molecule has 0 spiro atoms. The van der Waals surface area contributed by atoms with Crippen LogP contribution in [0.4, 0.5) is 4.39 Å². The molecule has 88 valence electrons. The quantitative estimate of drug-likeness (QED) is 0.821. The van der Waals surface area contributed by atoms with E-state index in [9.17, 15) is 4.39 Å². The summed E-state index contributed by atoms with van der Waals surface area (Å²) < 4.78 is 12.8. The van der Waals surface area contributed by atoms with E-state index in [1.165, 1.54) is 24.8 Å². The van der Waals surface area contributed by atoms with Crippen molar-refractivity contribution < 1.29 is 4.39 Å². The Balaban J connectivity index is 1.82. The third-order valence-electron chi connectivity index (χ3n) is 3.61. The van der Waals surface area contributed by atoms with E-state index in [1.807, 2.05) is 12.1 Å². The summed E-state index contributed by atoms with van der Waals surface area (Å²) in [5, 5.41) is 3.60. The van der Waals surface area contributed by atoms with Gasteiger partial charge in [0.1, 0.15) is 5.82 Å². The van der Waals surface area contributed by atoms with Crippen LogP contribution in [0.25, 0.3) is 0 Å². The first-order valence-electron chi connectivity index (χ1n) is 6.20. The molecular formula is C14H20FN. The Kier molecular flexibility index (Phi) is 3.59. The minimum Gasteiger partial charge on any atom is -0.311 e. The monoisotopic (exact) mass is 221 g/mol. The van der Waals surface area contributed by atoms with Gasteiger partial charge < -0.3 is 5.32 Å². The molecule has 0 bridgehead atoms. The molecule has 2 heteroatoms. The first-order chi connectivity index (χ1) is 7.69. The summed E-state index contributed by atoms with van der Waals surface area (Å²) in [5.41, 5.74) is 1.28. The second-order valence-corrected chi connectivity index (χ2v) is 4.89. The molecule has 1 fully saturated rings. The fraction of sp³-hybridized carbons (Fsp3) is 0.571. The summed E-state index contributed by atoms with van der Waals surface area (Å²) in [6.45, 7) is 4.43. The van der Waals surface area contributed by atoms with Crippen molar-refractivity contribution in [2.24, 2.45) is 0 Å². The van der Waals surface area contributed by atoms with Crippen LogP contribution in [-0.4, -0.2) is 12.1 Å². The van der Waals surface area contributed by atoms with Crippen molar-refractivity contribution >= 4 is 0 Å². The van der Waals surface area contributed by atoms with Gasteiger partial charge in [0.15, 0.2) is 0 Å². The molecule has 0 aromatic heterocycles. The standard InChI is InChI=1S/C14H20FN/c1-3-10(2)16-14-8-12(9-14)11-4-6-13(15)7-5-11/h4-7,10,12,14,16H,3,8-9H2,1-2H3. The maximum Gasteiger partial charge on any atom is 0.123 e. The third-order valence-corrected chi connectivity index (χ3v) is 3.61. The maximum atomic E-state index is 12.8. The van der Waals surface area contributed by atoms with Gasteiger partial charge in [-0.1, -0.05) is 19.1 Å². The van der Waals surface area contributed by atoms with Gasteiger partial charge in [-0.05, 0) is 49.8 Å². The van der Waals surface area contributed by atoms with E-state index in [-0.39, 0.29) is 5.82 Å². The summed E-state index contributed by atoms with van der Waals surface area (Å²) in [6.07, 6.45) is 3.56. The lowest BCUT2D eigenvalue weighted by Crippen LogP contribution is -2.44. The van der Waals surface area contributed by atoms with Crippen LogP contribution in [0.15, 0.2) is 24.3 Å². The van der Waals surface area contributed by atoms with Gasteiger partial charge in [0.2, 0.25) is 0 Å². The lowest BCUT2D eigenvalue weighted by atomic mass is 9.75. The Morgan fingerprint density at radius 2 is 1.94 bits per heavy atom. The third kappa shape index (κ3) is 2.62. The van der Waals surface area contributed by atoms with Crippen molar-refractivity contribution in [2.45, 2.75) is 51.1 Å². The molecule has 1 saturated carbocycles. The zero-order valence-corrected chi connectivity index (χ0v) is 10.0. The van der Waals surface area contributed by atoms with Crippen LogP contribution in [0, 0.1) is 5.82 Å². The van der Waals surface area contributed by atoms with Gasteiger partial charge in [-0.25, -0.2) is 4.39 Å². The second kappa shape index (κ2) is 4.96. The molecule has 1 atom stereocenters. The van der Waals surface area contributed by atoms with Crippen molar-refractivity contribution in [3.8, 4) is 0 Å². The highest BCUT2D eigenvalue weighted by atomic mass is 19.1. The summed E-state index contributed by atoms with van der Waals surface area (Å²) in [4.78, 5) is 0. The molecule has 0 heterocycles. The highest BCUT2D eigenvalue weighted by molar-refractivity contribution is 5.23. The zero-order valence-electron chi connectivity index (χ0n) is 10.0. The van der Waals surface area contributed by atoms with E-state index in [2.05, 4.69) is 19.2 Å². The molecule has 0 radical (unpaired) electrons. The molecule has 16 heavy (non-hydrogen) atoms. The molecule has 0 aliphatic heterocycles. The van der Waals surface area contributed by atoms with Crippen LogP contribution < -0.4 is 5.32 Å². The Morgan fingerprint density at radius 3 is 2.50 bits per heavy atom. The van der Waals surface area contributed by atoms with Crippen LogP contribution in [0.3, 0.4) is 0 Å². The Hall–Kier alpha value is -0.890. The number of halogens is 1. The molecular weight excluding hydrogens is 201 g/mol. The van der Waals surface area contributed by atoms with Crippen molar-refractivity contribution in [1.29, 1.82) is 0 Å². The molecule has 1 aromatic rings. The average molecular weight is 221 g/mol. The Bertz CT molecular complexity index is 327. The topological polar surface area (TPSA) is 12.0 Å². The van der Waals surface area contributed by atoms with Crippen molar-refractivity contribution in [2.75, 3.05) is 0 Å². The van der Waals surface area contributed by atoms with Crippen LogP contribution in [0.5, 0.6) is 0 Å². The van der Waals surface area contributed by atoms with Crippen molar-refractivity contribution in [3.63, 3.8) is 0 Å². The molecule has 0 amide bonds. The minimum atomic E-state index is -0.141. The predicted octanol–water partition coefficient (Wildman–Crippen LogP) is 3.46. The Morgan fingerprint density at radius 1 is 1.31 bits per heavy atom. The van der Waals surface area contributed by atoms with Crippen LogP contribution >= 0.6 is 0 Å². The number of hydrogen-bond donors (Lipinski definition) is 1. The molecule has 1 aliphatic rings. The first-order valence-corrected chi connectivity index (χ1v) is 6.20. The largest absolute Gasteiger partial charge is 0.311 e. The highest BCUT2D eigenvalue weighted by Gasteiger charge is 2.30.